The molecular weight excluding hydrogens is 480 g/mol. The van der Waals surface area contributed by atoms with E-state index in [-0.39, 0.29) is 11.3 Å². The number of halogens is 2. The van der Waals surface area contributed by atoms with Crippen LogP contribution in [0, 0.1) is 18.3 Å². The largest absolute Gasteiger partial charge is 0.399 e. The zero-order valence-electron chi connectivity index (χ0n) is 21.4. The van der Waals surface area contributed by atoms with Crippen molar-refractivity contribution in [2.45, 2.75) is 44.3 Å². The molecule has 0 bridgehead atoms. The van der Waals surface area contributed by atoms with Gasteiger partial charge in [-0.15, -0.1) is 0 Å². The first-order valence-electron chi connectivity index (χ1n) is 12.0. The van der Waals surface area contributed by atoms with Gasteiger partial charge in [0.15, 0.2) is 0 Å². The highest BCUT2D eigenvalue weighted by atomic mass is 19.3. The van der Waals surface area contributed by atoms with E-state index < -0.39 is 24.2 Å². The number of nitrogens with one attached hydrogen (secondary N) is 1. The van der Waals surface area contributed by atoms with Crippen molar-refractivity contribution in [1.29, 1.82) is 5.26 Å². The van der Waals surface area contributed by atoms with Crippen LogP contribution in [0.1, 0.15) is 53.9 Å². The number of aryl methyl sites for hydroxylation is 1. The van der Waals surface area contributed by atoms with Gasteiger partial charge >= 0.3 is 0 Å². The molecule has 0 saturated carbocycles. The van der Waals surface area contributed by atoms with E-state index >= 15 is 0 Å². The van der Waals surface area contributed by atoms with Gasteiger partial charge in [-0.05, 0) is 55.3 Å². The molecular formula is C27H31F2N5O3. The second-order valence-corrected chi connectivity index (χ2v) is 9.35. The van der Waals surface area contributed by atoms with E-state index in [9.17, 15) is 14.0 Å². The fraction of sp³-hybridized carbons (Fsp3) is 0.444. The Morgan fingerprint density at radius 2 is 1.92 bits per heavy atom. The number of hydrogen-bond donors (Lipinski definition) is 2. The van der Waals surface area contributed by atoms with Gasteiger partial charge in [0.25, 0.3) is 5.92 Å². The molecule has 0 unspecified atom stereocenters. The summed E-state index contributed by atoms with van der Waals surface area (Å²) in [6.45, 7) is 3.92. The van der Waals surface area contributed by atoms with Gasteiger partial charge in [0.2, 0.25) is 0 Å². The van der Waals surface area contributed by atoms with Crippen molar-refractivity contribution in [3.8, 4) is 6.07 Å². The van der Waals surface area contributed by atoms with Gasteiger partial charge in [0.1, 0.15) is 24.3 Å². The highest BCUT2D eigenvalue weighted by molar-refractivity contribution is 5.93. The number of fused-ring (bicyclic) bond motifs is 1. The van der Waals surface area contributed by atoms with Crippen molar-refractivity contribution in [3.05, 3.63) is 58.4 Å². The summed E-state index contributed by atoms with van der Waals surface area (Å²) in [5, 5.41) is 13.9. The number of anilines is 2. The normalized spacial score (nSPS) is 16.4. The molecule has 196 valence electrons. The second-order valence-electron chi connectivity index (χ2n) is 9.35. The maximum atomic E-state index is 14.6. The van der Waals surface area contributed by atoms with Crippen molar-refractivity contribution >= 4 is 22.4 Å². The van der Waals surface area contributed by atoms with E-state index in [1.165, 1.54) is 19.2 Å². The van der Waals surface area contributed by atoms with Crippen LogP contribution in [-0.4, -0.2) is 44.0 Å². The van der Waals surface area contributed by atoms with Gasteiger partial charge in [-0.3, -0.25) is 0 Å². The topological polar surface area (TPSA) is 115 Å². The molecule has 1 aliphatic heterocycles. The Morgan fingerprint density at radius 1 is 1.19 bits per heavy atom. The molecule has 10 heteroatoms. The fourth-order valence-electron chi connectivity index (χ4n) is 4.81. The average molecular weight is 512 g/mol. The summed E-state index contributed by atoms with van der Waals surface area (Å²) in [7, 11) is 2.89. The van der Waals surface area contributed by atoms with Crippen LogP contribution >= 0.6 is 0 Å². The Labute approximate surface area is 214 Å². The standard InChI is InChI=1S/C27H31F2N5O3/c1-16(18-9-21(12-22(31)11-18)27(28,29)15-35-3)32-25-23-13-20(26(36-4)5-7-37-8-6-26)10-19(14-30)24(23)33-17(2)34-25/h9-13,16H,5-8,15,31H2,1-4H3,(H,32,33,34)/t16-/m1/s1. The molecule has 1 aromatic heterocycles. The summed E-state index contributed by atoms with van der Waals surface area (Å²) in [5.74, 6) is -2.23. The summed E-state index contributed by atoms with van der Waals surface area (Å²) in [5.41, 5.74) is 7.69. The molecule has 0 radical (unpaired) electrons. The van der Waals surface area contributed by atoms with Crippen molar-refractivity contribution in [1.82, 2.24) is 9.97 Å². The Hall–Kier alpha value is -3.39. The van der Waals surface area contributed by atoms with Crippen LogP contribution in [-0.2, 0) is 25.7 Å². The van der Waals surface area contributed by atoms with Crippen molar-refractivity contribution < 1.29 is 23.0 Å². The lowest BCUT2D eigenvalue weighted by atomic mass is 9.84. The molecule has 3 N–H and O–H groups in total. The highest BCUT2D eigenvalue weighted by Gasteiger charge is 2.36. The average Bonchev–Trinajstić information content (AvgIpc) is 2.88. The van der Waals surface area contributed by atoms with Crippen LogP contribution in [0.25, 0.3) is 10.9 Å². The molecule has 1 aliphatic rings. The van der Waals surface area contributed by atoms with Gasteiger partial charge in [0, 0.05) is 56.9 Å². The van der Waals surface area contributed by atoms with Crippen molar-refractivity contribution in [3.63, 3.8) is 0 Å². The number of rotatable bonds is 8. The molecule has 1 saturated heterocycles. The smallest absolute Gasteiger partial charge is 0.296 e. The van der Waals surface area contributed by atoms with Crippen LogP contribution in [0.3, 0.4) is 0 Å². The van der Waals surface area contributed by atoms with E-state index in [1.807, 2.05) is 19.1 Å². The highest BCUT2D eigenvalue weighted by Crippen LogP contribution is 2.39. The summed E-state index contributed by atoms with van der Waals surface area (Å²) in [4.78, 5) is 9.13. The van der Waals surface area contributed by atoms with Crippen molar-refractivity contribution in [2.24, 2.45) is 0 Å². The van der Waals surface area contributed by atoms with Crippen LogP contribution in [0.5, 0.6) is 0 Å². The van der Waals surface area contributed by atoms with Crippen LogP contribution in [0.15, 0.2) is 30.3 Å². The van der Waals surface area contributed by atoms with Crippen LogP contribution in [0.2, 0.25) is 0 Å². The van der Waals surface area contributed by atoms with E-state index in [2.05, 4.69) is 21.4 Å². The monoisotopic (exact) mass is 511 g/mol. The first-order valence-corrected chi connectivity index (χ1v) is 12.0. The molecule has 0 amide bonds. The quantitative estimate of drug-likeness (QED) is 0.408. The number of alkyl halides is 2. The Kier molecular flexibility index (Phi) is 7.59. The molecule has 2 heterocycles. The molecule has 4 rings (SSSR count). The zero-order chi connectivity index (χ0) is 26.8. The lowest BCUT2D eigenvalue weighted by Crippen LogP contribution is -2.35. The molecule has 37 heavy (non-hydrogen) atoms. The Bertz CT molecular complexity index is 1340. The minimum absolute atomic E-state index is 0.219. The molecule has 1 fully saturated rings. The number of nitrogens with zero attached hydrogens (tertiary/aromatic N) is 3. The summed E-state index contributed by atoms with van der Waals surface area (Å²) >= 11 is 0. The lowest BCUT2D eigenvalue weighted by Gasteiger charge is -2.36. The molecule has 3 aromatic rings. The number of aromatic nitrogens is 2. The number of nitrogen functional groups attached to an aromatic ring is 1. The predicted octanol–water partition coefficient (Wildman–Crippen LogP) is 4.96. The first-order chi connectivity index (χ1) is 17.6. The lowest BCUT2D eigenvalue weighted by molar-refractivity contribution is -0.0947. The van der Waals surface area contributed by atoms with E-state index in [1.54, 1.807) is 20.1 Å². The van der Waals surface area contributed by atoms with Gasteiger partial charge in [-0.2, -0.15) is 14.0 Å². The van der Waals surface area contributed by atoms with Crippen LogP contribution < -0.4 is 11.1 Å². The first kappa shape index (κ1) is 26.7. The third-order valence-corrected chi connectivity index (χ3v) is 6.83. The van der Waals surface area contributed by atoms with E-state index in [0.717, 1.165) is 5.56 Å². The van der Waals surface area contributed by atoms with E-state index in [0.29, 0.717) is 59.7 Å². The Morgan fingerprint density at radius 3 is 2.57 bits per heavy atom. The third-order valence-electron chi connectivity index (χ3n) is 6.83. The van der Waals surface area contributed by atoms with Gasteiger partial charge in [-0.25, -0.2) is 9.97 Å². The van der Waals surface area contributed by atoms with Gasteiger partial charge < -0.3 is 25.3 Å². The molecule has 2 aromatic carbocycles. The number of ether oxygens (including phenoxy) is 3. The maximum Gasteiger partial charge on any atom is 0.296 e. The predicted molar refractivity (Wildman–Crippen MR) is 136 cm³/mol. The maximum absolute atomic E-state index is 14.6. The number of nitriles is 1. The minimum Gasteiger partial charge on any atom is -0.399 e. The van der Waals surface area contributed by atoms with Crippen molar-refractivity contribution in [2.75, 3.05) is 45.1 Å². The SMILES string of the molecule is COCC(F)(F)c1cc(N)cc([C@@H](C)Nc2nc(C)nc3c(C#N)cc(C4(OC)CCOCC4)cc23)c1. The minimum atomic E-state index is -3.19. The van der Waals surface area contributed by atoms with Gasteiger partial charge in [-0.1, -0.05) is 0 Å². The molecule has 1 atom stereocenters. The summed E-state index contributed by atoms with van der Waals surface area (Å²) in [6, 6.07) is 9.89. The fourth-order valence-corrected chi connectivity index (χ4v) is 4.81. The molecule has 0 spiro atoms. The number of nitrogens with two attached hydrogens (primary N) is 1. The number of benzene rings is 2. The third kappa shape index (κ3) is 5.34. The number of methoxy groups -OCH3 is 2. The Balaban J connectivity index is 1.79. The van der Waals surface area contributed by atoms with Crippen LogP contribution in [0.4, 0.5) is 20.3 Å². The molecule has 8 nitrogen and oxygen atoms in total. The summed E-state index contributed by atoms with van der Waals surface area (Å²) < 4.78 is 45.3. The number of hydrogen-bond acceptors (Lipinski definition) is 8. The summed E-state index contributed by atoms with van der Waals surface area (Å²) in [6.07, 6.45) is 1.29. The van der Waals surface area contributed by atoms with Gasteiger partial charge in [0.05, 0.1) is 22.7 Å². The molecule has 0 aliphatic carbocycles. The van der Waals surface area contributed by atoms with E-state index in [4.69, 9.17) is 19.9 Å². The zero-order valence-corrected chi connectivity index (χ0v) is 21.4. The second kappa shape index (κ2) is 10.5.